The number of aromatic nitrogens is 1. The second-order valence-corrected chi connectivity index (χ2v) is 5.57. The summed E-state index contributed by atoms with van der Waals surface area (Å²) in [5.74, 6) is -0.394. The zero-order valence-corrected chi connectivity index (χ0v) is 10.7. The van der Waals surface area contributed by atoms with Crippen LogP contribution >= 0.6 is 0 Å². The van der Waals surface area contributed by atoms with Gasteiger partial charge in [0.2, 0.25) is 0 Å². The van der Waals surface area contributed by atoms with Crippen LogP contribution in [0.25, 0.3) is 0 Å². The van der Waals surface area contributed by atoms with E-state index < -0.39 is 5.97 Å². The van der Waals surface area contributed by atoms with E-state index in [1.807, 2.05) is 6.92 Å². The van der Waals surface area contributed by atoms with Crippen LogP contribution in [-0.4, -0.2) is 28.0 Å². The lowest BCUT2D eigenvalue weighted by molar-refractivity contribution is -0.138. The Hall–Kier alpha value is -1.91. The fourth-order valence-corrected chi connectivity index (χ4v) is 2.76. The summed E-state index contributed by atoms with van der Waals surface area (Å²) in [6, 6.07) is 1.94. The van der Waals surface area contributed by atoms with E-state index in [0.717, 1.165) is 18.4 Å². The van der Waals surface area contributed by atoms with Crippen molar-refractivity contribution in [1.29, 1.82) is 0 Å². The van der Waals surface area contributed by atoms with E-state index in [9.17, 15) is 9.59 Å². The van der Waals surface area contributed by atoms with Gasteiger partial charge in [0.05, 0.1) is 11.5 Å². The molecular formula is C14H16N2O3. The third kappa shape index (κ3) is 2.45. The van der Waals surface area contributed by atoms with Crippen LogP contribution in [0, 0.1) is 24.7 Å². The molecule has 3 rings (SSSR count). The molecule has 1 heterocycles. The first-order valence-corrected chi connectivity index (χ1v) is 6.51. The van der Waals surface area contributed by atoms with Gasteiger partial charge in [-0.15, -0.1) is 0 Å². The van der Waals surface area contributed by atoms with Crippen LogP contribution < -0.4 is 5.32 Å². The van der Waals surface area contributed by atoms with Gasteiger partial charge in [-0.2, -0.15) is 0 Å². The summed E-state index contributed by atoms with van der Waals surface area (Å²) in [7, 11) is 0. The summed E-state index contributed by atoms with van der Waals surface area (Å²) in [5, 5.41) is 11.8. The molecule has 0 saturated heterocycles. The van der Waals surface area contributed by atoms with Gasteiger partial charge in [-0.1, -0.05) is 0 Å². The SMILES string of the molecule is Cc1cncc(C(=O)N[C@@H]2C[C@@H]2[C@@H]2C[C@@H]2C(=O)O)c1. The summed E-state index contributed by atoms with van der Waals surface area (Å²) in [6.07, 6.45) is 4.92. The van der Waals surface area contributed by atoms with E-state index in [1.165, 1.54) is 0 Å². The number of pyridine rings is 1. The number of carbonyl (C=O) groups excluding carboxylic acids is 1. The topological polar surface area (TPSA) is 79.3 Å². The van der Waals surface area contributed by atoms with Crippen molar-refractivity contribution in [2.24, 2.45) is 17.8 Å². The second-order valence-electron chi connectivity index (χ2n) is 5.57. The third-order valence-corrected chi connectivity index (χ3v) is 4.00. The molecule has 100 valence electrons. The molecule has 0 radical (unpaired) electrons. The third-order valence-electron chi connectivity index (χ3n) is 4.00. The maximum atomic E-state index is 12.0. The average Bonchev–Trinajstić information content (AvgIpc) is 3.21. The molecule has 0 bridgehead atoms. The van der Waals surface area contributed by atoms with Gasteiger partial charge >= 0.3 is 5.97 Å². The first-order valence-electron chi connectivity index (χ1n) is 6.51. The number of carboxylic acid groups (broad SMARTS) is 1. The van der Waals surface area contributed by atoms with Crippen LogP contribution in [0.5, 0.6) is 0 Å². The number of aryl methyl sites for hydroxylation is 1. The van der Waals surface area contributed by atoms with E-state index in [1.54, 1.807) is 18.5 Å². The van der Waals surface area contributed by atoms with E-state index in [0.29, 0.717) is 11.5 Å². The van der Waals surface area contributed by atoms with E-state index >= 15 is 0 Å². The number of rotatable bonds is 4. The molecule has 0 unspecified atom stereocenters. The molecule has 0 spiro atoms. The fraction of sp³-hybridized carbons (Fsp3) is 0.500. The van der Waals surface area contributed by atoms with Crippen molar-refractivity contribution in [3.05, 3.63) is 29.6 Å². The highest BCUT2D eigenvalue weighted by Crippen LogP contribution is 2.54. The van der Waals surface area contributed by atoms with Gasteiger partial charge in [-0.05, 0) is 43.2 Å². The average molecular weight is 260 g/mol. The number of carbonyl (C=O) groups is 2. The molecule has 1 aromatic heterocycles. The lowest BCUT2D eigenvalue weighted by Crippen LogP contribution is -2.27. The Morgan fingerprint density at radius 1 is 1.32 bits per heavy atom. The minimum Gasteiger partial charge on any atom is -0.481 e. The number of amides is 1. The normalized spacial score (nSPS) is 31.6. The highest BCUT2D eigenvalue weighted by atomic mass is 16.4. The molecule has 2 saturated carbocycles. The minimum absolute atomic E-state index is 0.115. The van der Waals surface area contributed by atoms with Crippen LogP contribution in [0.3, 0.4) is 0 Å². The largest absolute Gasteiger partial charge is 0.481 e. The van der Waals surface area contributed by atoms with Crippen molar-refractivity contribution in [1.82, 2.24) is 10.3 Å². The smallest absolute Gasteiger partial charge is 0.306 e. The number of hydrogen-bond acceptors (Lipinski definition) is 3. The summed E-state index contributed by atoms with van der Waals surface area (Å²) in [4.78, 5) is 26.8. The van der Waals surface area contributed by atoms with Gasteiger partial charge in [0.15, 0.2) is 0 Å². The molecule has 0 aliphatic heterocycles. The highest BCUT2D eigenvalue weighted by molar-refractivity contribution is 5.94. The van der Waals surface area contributed by atoms with Crippen molar-refractivity contribution in [2.75, 3.05) is 0 Å². The zero-order chi connectivity index (χ0) is 13.6. The fourth-order valence-electron chi connectivity index (χ4n) is 2.76. The monoisotopic (exact) mass is 260 g/mol. The Kier molecular flexibility index (Phi) is 2.77. The van der Waals surface area contributed by atoms with Crippen molar-refractivity contribution in [3.8, 4) is 0 Å². The Labute approximate surface area is 111 Å². The predicted octanol–water partition coefficient (Wildman–Crippen LogP) is 1.23. The maximum absolute atomic E-state index is 12.0. The van der Waals surface area contributed by atoms with Crippen molar-refractivity contribution < 1.29 is 14.7 Å². The lowest BCUT2D eigenvalue weighted by Gasteiger charge is -2.04. The molecular weight excluding hydrogens is 244 g/mol. The van der Waals surface area contributed by atoms with E-state index in [4.69, 9.17) is 5.11 Å². The number of nitrogens with one attached hydrogen (secondary N) is 1. The molecule has 2 fully saturated rings. The number of nitrogens with zero attached hydrogens (tertiary/aromatic N) is 1. The standard InChI is InChI=1S/C14H16N2O3/c1-7-2-8(6-15-5-7)13(17)16-12-4-10(12)9-3-11(9)14(18)19/h2,5-6,9-12H,3-4H2,1H3,(H,16,17)(H,18,19)/t9-,10+,11-,12+/m0/s1. The van der Waals surface area contributed by atoms with Gasteiger partial charge < -0.3 is 10.4 Å². The van der Waals surface area contributed by atoms with E-state index in [2.05, 4.69) is 10.3 Å². The quantitative estimate of drug-likeness (QED) is 0.853. The van der Waals surface area contributed by atoms with Gasteiger partial charge in [0.1, 0.15) is 0 Å². The van der Waals surface area contributed by atoms with Crippen LogP contribution in [0.2, 0.25) is 0 Å². The minimum atomic E-state index is -0.704. The molecule has 2 N–H and O–H groups in total. The number of aliphatic carboxylic acids is 1. The number of carboxylic acids is 1. The van der Waals surface area contributed by atoms with Crippen molar-refractivity contribution in [3.63, 3.8) is 0 Å². The van der Waals surface area contributed by atoms with Crippen LogP contribution in [0.4, 0.5) is 0 Å². The molecule has 4 atom stereocenters. The van der Waals surface area contributed by atoms with Gasteiger partial charge in [-0.3, -0.25) is 14.6 Å². The molecule has 5 nitrogen and oxygen atoms in total. The molecule has 5 heteroatoms. The molecule has 2 aliphatic carbocycles. The van der Waals surface area contributed by atoms with E-state index in [-0.39, 0.29) is 23.8 Å². The summed E-state index contributed by atoms with van der Waals surface area (Å²) < 4.78 is 0. The molecule has 0 aromatic carbocycles. The van der Waals surface area contributed by atoms with Gasteiger partial charge in [0, 0.05) is 18.4 Å². The highest BCUT2D eigenvalue weighted by Gasteiger charge is 2.56. The first kappa shape index (κ1) is 12.1. The van der Waals surface area contributed by atoms with Crippen molar-refractivity contribution in [2.45, 2.75) is 25.8 Å². The van der Waals surface area contributed by atoms with Crippen LogP contribution in [-0.2, 0) is 4.79 Å². The Morgan fingerprint density at radius 2 is 2.11 bits per heavy atom. The van der Waals surface area contributed by atoms with Crippen LogP contribution in [0.1, 0.15) is 28.8 Å². The Bertz CT molecular complexity index is 543. The summed E-state index contributed by atoms with van der Waals surface area (Å²) in [6.45, 7) is 1.89. The first-order chi connectivity index (χ1) is 9.06. The molecule has 1 aromatic rings. The number of hydrogen-bond donors (Lipinski definition) is 2. The molecule has 19 heavy (non-hydrogen) atoms. The molecule has 2 aliphatic rings. The summed E-state index contributed by atoms with van der Waals surface area (Å²) >= 11 is 0. The van der Waals surface area contributed by atoms with Crippen LogP contribution in [0.15, 0.2) is 18.5 Å². The molecule has 1 amide bonds. The Balaban J connectivity index is 1.54. The second kappa shape index (κ2) is 4.33. The van der Waals surface area contributed by atoms with Gasteiger partial charge in [-0.25, -0.2) is 0 Å². The Morgan fingerprint density at radius 3 is 2.74 bits per heavy atom. The lowest BCUT2D eigenvalue weighted by atomic mass is 10.2. The predicted molar refractivity (Wildman–Crippen MR) is 67.6 cm³/mol. The summed E-state index contributed by atoms with van der Waals surface area (Å²) in [5.41, 5.74) is 1.52. The van der Waals surface area contributed by atoms with Crippen molar-refractivity contribution >= 4 is 11.9 Å². The van der Waals surface area contributed by atoms with Gasteiger partial charge in [0.25, 0.3) is 5.91 Å². The zero-order valence-electron chi connectivity index (χ0n) is 10.7. The maximum Gasteiger partial charge on any atom is 0.306 e.